The zero-order chi connectivity index (χ0) is 14.3. The van der Waals surface area contributed by atoms with Crippen molar-refractivity contribution in [1.29, 1.82) is 0 Å². The van der Waals surface area contributed by atoms with Crippen molar-refractivity contribution in [3.8, 4) is 0 Å². The summed E-state index contributed by atoms with van der Waals surface area (Å²) in [6.07, 6.45) is 5.09. The highest BCUT2D eigenvalue weighted by atomic mass is 16.5. The number of nitrogens with two attached hydrogens (primary N) is 1. The summed E-state index contributed by atoms with van der Waals surface area (Å²) in [5, 5.41) is 3.05. The molecule has 0 spiro atoms. The van der Waals surface area contributed by atoms with Crippen LogP contribution in [0.5, 0.6) is 0 Å². The molecular weight excluding hydrogens is 252 g/mol. The summed E-state index contributed by atoms with van der Waals surface area (Å²) in [7, 11) is 0. The number of hydrogen-bond acceptors (Lipinski definition) is 3. The Morgan fingerprint density at radius 2 is 1.95 bits per heavy atom. The molecule has 0 saturated heterocycles. The van der Waals surface area contributed by atoms with Crippen LogP contribution in [0.25, 0.3) is 0 Å². The van der Waals surface area contributed by atoms with Crippen LogP contribution >= 0.6 is 0 Å². The van der Waals surface area contributed by atoms with Gasteiger partial charge in [0.2, 0.25) is 5.91 Å². The summed E-state index contributed by atoms with van der Waals surface area (Å²) in [6.45, 7) is 1.20. The molecule has 1 fully saturated rings. The lowest BCUT2D eigenvalue weighted by Gasteiger charge is -2.28. The molecule has 0 atom stereocenters. The minimum Gasteiger partial charge on any atom is -0.371 e. The summed E-state index contributed by atoms with van der Waals surface area (Å²) >= 11 is 0. The van der Waals surface area contributed by atoms with Crippen LogP contribution in [-0.4, -0.2) is 31.2 Å². The fourth-order valence-electron chi connectivity index (χ4n) is 2.76. The second kappa shape index (κ2) is 7.41. The van der Waals surface area contributed by atoms with Gasteiger partial charge in [0.15, 0.2) is 0 Å². The molecule has 20 heavy (non-hydrogen) atoms. The van der Waals surface area contributed by atoms with Crippen molar-refractivity contribution < 1.29 is 9.53 Å². The SMILES string of the molecule is NCC1(NC(=O)COCCc2ccccc2)CCCC1. The van der Waals surface area contributed by atoms with Gasteiger partial charge in [0, 0.05) is 6.54 Å². The van der Waals surface area contributed by atoms with E-state index in [2.05, 4.69) is 17.4 Å². The second-order valence-electron chi connectivity index (χ2n) is 5.53. The smallest absolute Gasteiger partial charge is 0.246 e. The number of rotatable bonds is 7. The lowest BCUT2D eigenvalue weighted by molar-refractivity contribution is -0.127. The Labute approximate surface area is 120 Å². The first-order chi connectivity index (χ1) is 9.74. The van der Waals surface area contributed by atoms with Crippen LogP contribution in [0.2, 0.25) is 0 Å². The molecule has 2 rings (SSSR count). The maximum Gasteiger partial charge on any atom is 0.246 e. The molecule has 1 aromatic rings. The van der Waals surface area contributed by atoms with E-state index in [0.29, 0.717) is 13.2 Å². The van der Waals surface area contributed by atoms with Gasteiger partial charge in [-0.15, -0.1) is 0 Å². The Bertz CT molecular complexity index is 414. The van der Waals surface area contributed by atoms with Gasteiger partial charge in [0.25, 0.3) is 0 Å². The van der Waals surface area contributed by atoms with E-state index in [1.165, 1.54) is 5.56 Å². The number of nitrogens with one attached hydrogen (secondary N) is 1. The molecule has 1 amide bonds. The molecule has 3 N–H and O–H groups in total. The third-order valence-corrected chi connectivity index (χ3v) is 3.97. The quantitative estimate of drug-likeness (QED) is 0.744. The van der Waals surface area contributed by atoms with Crippen molar-refractivity contribution in [3.05, 3.63) is 35.9 Å². The summed E-state index contributed by atoms with van der Waals surface area (Å²) < 4.78 is 5.45. The van der Waals surface area contributed by atoms with Crippen molar-refractivity contribution in [2.45, 2.75) is 37.6 Å². The van der Waals surface area contributed by atoms with Crippen LogP contribution < -0.4 is 11.1 Å². The first-order valence-electron chi connectivity index (χ1n) is 7.37. The number of carbonyl (C=O) groups is 1. The maximum atomic E-state index is 11.9. The van der Waals surface area contributed by atoms with Crippen LogP contribution in [0.3, 0.4) is 0 Å². The van der Waals surface area contributed by atoms with Crippen molar-refractivity contribution in [1.82, 2.24) is 5.32 Å². The van der Waals surface area contributed by atoms with Crippen LogP contribution in [0.4, 0.5) is 0 Å². The van der Waals surface area contributed by atoms with Crippen LogP contribution in [0.1, 0.15) is 31.2 Å². The Morgan fingerprint density at radius 1 is 1.25 bits per heavy atom. The molecule has 0 bridgehead atoms. The summed E-state index contributed by atoms with van der Waals surface area (Å²) in [6, 6.07) is 10.1. The van der Waals surface area contributed by atoms with E-state index in [1.807, 2.05) is 18.2 Å². The predicted octanol–water partition coefficient (Wildman–Crippen LogP) is 1.63. The molecule has 1 aliphatic carbocycles. The van der Waals surface area contributed by atoms with Crippen molar-refractivity contribution >= 4 is 5.91 Å². The van der Waals surface area contributed by atoms with Crippen LogP contribution in [-0.2, 0) is 16.0 Å². The maximum absolute atomic E-state index is 11.9. The molecule has 1 aromatic carbocycles. The summed E-state index contributed by atoms with van der Waals surface area (Å²) in [4.78, 5) is 11.9. The van der Waals surface area contributed by atoms with Gasteiger partial charge in [0.1, 0.15) is 6.61 Å². The number of carbonyl (C=O) groups excluding carboxylic acids is 1. The minimum atomic E-state index is -0.181. The number of hydrogen-bond donors (Lipinski definition) is 2. The highest BCUT2D eigenvalue weighted by Gasteiger charge is 2.33. The van der Waals surface area contributed by atoms with Crippen LogP contribution in [0, 0.1) is 0 Å². The zero-order valence-corrected chi connectivity index (χ0v) is 11.9. The molecule has 1 saturated carbocycles. The molecule has 0 aromatic heterocycles. The predicted molar refractivity (Wildman–Crippen MR) is 79.4 cm³/mol. The fourth-order valence-corrected chi connectivity index (χ4v) is 2.76. The average molecular weight is 276 g/mol. The third kappa shape index (κ3) is 4.32. The van der Waals surface area contributed by atoms with Gasteiger partial charge < -0.3 is 15.8 Å². The molecule has 4 heteroatoms. The molecule has 110 valence electrons. The van der Waals surface area contributed by atoms with Gasteiger partial charge in [-0.25, -0.2) is 0 Å². The topological polar surface area (TPSA) is 64.3 Å². The molecule has 0 unspecified atom stereocenters. The Kier molecular flexibility index (Phi) is 5.56. The normalized spacial score (nSPS) is 17.1. The first kappa shape index (κ1) is 15.0. The van der Waals surface area contributed by atoms with E-state index in [4.69, 9.17) is 10.5 Å². The van der Waals surface area contributed by atoms with Crippen molar-refractivity contribution in [2.75, 3.05) is 19.8 Å². The van der Waals surface area contributed by atoms with E-state index < -0.39 is 0 Å². The monoisotopic (exact) mass is 276 g/mol. The number of benzene rings is 1. The van der Waals surface area contributed by atoms with E-state index in [-0.39, 0.29) is 18.1 Å². The summed E-state index contributed by atoms with van der Waals surface area (Å²) in [5.74, 6) is -0.0505. The zero-order valence-electron chi connectivity index (χ0n) is 11.9. The van der Waals surface area contributed by atoms with Gasteiger partial charge >= 0.3 is 0 Å². The van der Waals surface area contributed by atoms with E-state index >= 15 is 0 Å². The van der Waals surface area contributed by atoms with Crippen LogP contribution in [0.15, 0.2) is 30.3 Å². The van der Waals surface area contributed by atoms with E-state index in [1.54, 1.807) is 0 Å². The molecular formula is C16H24N2O2. The molecule has 0 radical (unpaired) electrons. The largest absolute Gasteiger partial charge is 0.371 e. The highest BCUT2D eigenvalue weighted by Crippen LogP contribution is 2.28. The van der Waals surface area contributed by atoms with Gasteiger partial charge in [-0.3, -0.25) is 4.79 Å². The number of ether oxygens (including phenoxy) is 1. The van der Waals surface area contributed by atoms with Gasteiger partial charge in [-0.2, -0.15) is 0 Å². The fraction of sp³-hybridized carbons (Fsp3) is 0.562. The lowest BCUT2D eigenvalue weighted by Crippen LogP contribution is -2.52. The van der Waals surface area contributed by atoms with E-state index in [9.17, 15) is 4.79 Å². The summed E-state index contributed by atoms with van der Waals surface area (Å²) in [5.41, 5.74) is 6.84. The van der Waals surface area contributed by atoms with E-state index in [0.717, 1.165) is 32.1 Å². The molecule has 1 aliphatic rings. The Morgan fingerprint density at radius 3 is 2.60 bits per heavy atom. The Balaban J connectivity index is 1.65. The average Bonchev–Trinajstić information content (AvgIpc) is 2.94. The molecule has 0 heterocycles. The van der Waals surface area contributed by atoms with Gasteiger partial charge in [-0.1, -0.05) is 43.2 Å². The number of amides is 1. The van der Waals surface area contributed by atoms with Gasteiger partial charge in [0.05, 0.1) is 12.1 Å². The lowest BCUT2D eigenvalue weighted by atomic mass is 9.98. The minimum absolute atomic E-state index is 0.0505. The first-order valence-corrected chi connectivity index (χ1v) is 7.37. The molecule has 0 aliphatic heterocycles. The van der Waals surface area contributed by atoms with Crippen molar-refractivity contribution in [2.24, 2.45) is 5.73 Å². The molecule has 4 nitrogen and oxygen atoms in total. The van der Waals surface area contributed by atoms with Crippen molar-refractivity contribution in [3.63, 3.8) is 0 Å². The second-order valence-corrected chi connectivity index (χ2v) is 5.53. The third-order valence-electron chi connectivity index (χ3n) is 3.97. The Hall–Kier alpha value is -1.39. The standard InChI is InChI=1S/C16H24N2O2/c17-13-16(9-4-5-10-16)18-15(19)12-20-11-8-14-6-2-1-3-7-14/h1-3,6-7H,4-5,8-13,17H2,(H,18,19). The highest BCUT2D eigenvalue weighted by molar-refractivity contribution is 5.78. The van der Waals surface area contributed by atoms with Gasteiger partial charge in [-0.05, 0) is 24.8 Å².